The first-order chi connectivity index (χ1) is 8.58. The number of H-pyrrole nitrogens is 1. The number of nitrogens with one attached hydrogen (secondary N) is 2. The zero-order valence-electron chi connectivity index (χ0n) is 9.61. The van der Waals surface area contributed by atoms with E-state index in [-0.39, 0.29) is 10.7 Å². The van der Waals surface area contributed by atoms with Crippen LogP contribution in [0.5, 0.6) is 0 Å². The number of anilines is 1. The van der Waals surface area contributed by atoms with Gasteiger partial charge in [0, 0.05) is 24.1 Å². The Morgan fingerprint density at radius 1 is 1.56 bits per heavy atom. The number of halogens is 1. The maximum atomic E-state index is 10.7. The molecule has 18 heavy (non-hydrogen) atoms. The summed E-state index contributed by atoms with van der Waals surface area (Å²) in [5, 5.41) is 14.0. The molecule has 0 fully saturated rings. The molecular weight excluding hydrogens is 256 g/mol. The highest BCUT2D eigenvalue weighted by atomic mass is 35.5. The number of hydrogen-bond donors (Lipinski definition) is 2. The predicted molar refractivity (Wildman–Crippen MR) is 68.8 cm³/mol. The minimum atomic E-state index is -0.494. The molecule has 1 heterocycles. The molecule has 1 aromatic carbocycles. The smallest absolute Gasteiger partial charge is 0.288 e. The van der Waals surface area contributed by atoms with Crippen molar-refractivity contribution < 1.29 is 4.92 Å². The molecule has 0 spiro atoms. The summed E-state index contributed by atoms with van der Waals surface area (Å²) in [5.41, 5.74) is 1.43. The van der Waals surface area contributed by atoms with Gasteiger partial charge in [0.1, 0.15) is 10.8 Å². The second-order valence-corrected chi connectivity index (χ2v) is 4.17. The van der Waals surface area contributed by atoms with Crippen LogP contribution in [-0.2, 0) is 6.54 Å². The first kappa shape index (κ1) is 12.4. The van der Waals surface area contributed by atoms with E-state index in [2.05, 4.69) is 15.3 Å². The SMILES string of the molecule is Cc1cc([N+](=O)[O-])c(Cl)cc1NCc1ncc[nH]1. The molecule has 0 aliphatic heterocycles. The molecular formula is C11H11ClN4O2. The molecule has 2 N–H and O–H groups in total. The molecule has 1 aromatic heterocycles. The quantitative estimate of drug-likeness (QED) is 0.658. The van der Waals surface area contributed by atoms with E-state index < -0.39 is 4.92 Å². The van der Waals surface area contributed by atoms with Crippen molar-refractivity contribution in [3.8, 4) is 0 Å². The number of nitrogens with zero attached hydrogens (tertiary/aromatic N) is 2. The van der Waals surface area contributed by atoms with Crippen LogP contribution in [0.4, 0.5) is 11.4 Å². The summed E-state index contributed by atoms with van der Waals surface area (Å²) >= 11 is 5.85. The number of aromatic amines is 1. The van der Waals surface area contributed by atoms with Gasteiger partial charge < -0.3 is 10.3 Å². The van der Waals surface area contributed by atoms with Gasteiger partial charge in [-0.25, -0.2) is 4.98 Å². The normalized spacial score (nSPS) is 10.3. The highest BCUT2D eigenvalue weighted by Crippen LogP contribution is 2.30. The lowest BCUT2D eigenvalue weighted by molar-refractivity contribution is -0.384. The number of nitro groups is 1. The van der Waals surface area contributed by atoms with Gasteiger partial charge in [-0.3, -0.25) is 10.1 Å². The molecule has 0 amide bonds. The van der Waals surface area contributed by atoms with E-state index in [0.29, 0.717) is 6.54 Å². The van der Waals surface area contributed by atoms with Gasteiger partial charge in [-0.05, 0) is 18.6 Å². The zero-order chi connectivity index (χ0) is 13.1. The van der Waals surface area contributed by atoms with Crippen LogP contribution in [0.3, 0.4) is 0 Å². The van der Waals surface area contributed by atoms with Gasteiger partial charge in [-0.15, -0.1) is 0 Å². The minimum absolute atomic E-state index is 0.0854. The molecule has 6 nitrogen and oxygen atoms in total. The fraction of sp³-hybridized carbons (Fsp3) is 0.182. The molecule has 0 radical (unpaired) electrons. The van der Waals surface area contributed by atoms with E-state index in [1.54, 1.807) is 25.4 Å². The Morgan fingerprint density at radius 2 is 2.33 bits per heavy atom. The van der Waals surface area contributed by atoms with Crippen molar-refractivity contribution in [3.05, 3.63) is 51.1 Å². The summed E-state index contributed by atoms with van der Waals surface area (Å²) in [5.74, 6) is 0.781. The predicted octanol–water partition coefficient (Wildman–Crippen LogP) is 2.89. The van der Waals surface area contributed by atoms with Crippen LogP contribution >= 0.6 is 11.6 Å². The molecule has 0 bridgehead atoms. The van der Waals surface area contributed by atoms with Gasteiger partial charge >= 0.3 is 0 Å². The van der Waals surface area contributed by atoms with Crippen molar-refractivity contribution in [1.29, 1.82) is 0 Å². The molecule has 0 atom stereocenters. The van der Waals surface area contributed by atoms with E-state index in [0.717, 1.165) is 17.1 Å². The molecule has 2 rings (SSSR count). The topological polar surface area (TPSA) is 83.8 Å². The molecule has 0 saturated heterocycles. The van der Waals surface area contributed by atoms with E-state index in [4.69, 9.17) is 11.6 Å². The molecule has 0 aliphatic carbocycles. The number of nitro benzene ring substituents is 1. The molecule has 94 valence electrons. The fourth-order valence-corrected chi connectivity index (χ4v) is 1.80. The van der Waals surface area contributed by atoms with Crippen molar-refractivity contribution in [1.82, 2.24) is 9.97 Å². The van der Waals surface area contributed by atoms with Crippen molar-refractivity contribution in [3.63, 3.8) is 0 Å². The Hall–Kier alpha value is -2.08. The zero-order valence-corrected chi connectivity index (χ0v) is 10.4. The average molecular weight is 267 g/mol. The van der Waals surface area contributed by atoms with Gasteiger partial charge in [0.25, 0.3) is 5.69 Å². The summed E-state index contributed by atoms with van der Waals surface area (Å²) in [6.07, 6.45) is 3.39. The molecule has 2 aromatic rings. The second-order valence-electron chi connectivity index (χ2n) is 3.77. The first-order valence-electron chi connectivity index (χ1n) is 5.24. The maximum absolute atomic E-state index is 10.7. The summed E-state index contributed by atoms with van der Waals surface area (Å²) in [6, 6.07) is 3.00. The average Bonchev–Trinajstić information content (AvgIpc) is 2.82. The van der Waals surface area contributed by atoms with E-state index in [1.807, 2.05) is 0 Å². The van der Waals surface area contributed by atoms with Crippen LogP contribution < -0.4 is 5.32 Å². The summed E-state index contributed by atoms with van der Waals surface area (Å²) in [4.78, 5) is 17.2. The van der Waals surface area contributed by atoms with Crippen LogP contribution in [0.1, 0.15) is 11.4 Å². The van der Waals surface area contributed by atoms with Gasteiger partial charge in [0.2, 0.25) is 0 Å². The number of aromatic nitrogens is 2. The highest BCUT2D eigenvalue weighted by Gasteiger charge is 2.14. The van der Waals surface area contributed by atoms with Crippen LogP contribution in [0.2, 0.25) is 5.02 Å². The number of hydrogen-bond acceptors (Lipinski definition) is 4. The van der Waals surface area contributed by atoms with Crippen molar-refractivity contribution >= 4 is 23.0 Å². The standard InChI is InChI=1S/C11H11ClN4O2/c1-7-4-10(16(17)18)8(12)5-9(7)15-6-11-13-2-3-14-11/h2-5,15H,6H2,1H3,(H,13,14). The largest absolute Gasteiger partial charge is 0.378 e. The third-order valence-corrected chi connectivity index (χ3v) is 2.79. The van der Waals surface area contributed by atoms with Crippen LogP contribution in [-0.4, -0.2) is 14.9 Å². The summed E-state index contributed by atoms with van der Waals surface area (Å²) in [7, 11) is 0. The Kier molecular flexibility index (Phi) is 3.47. The van der Waals surface area contributed by atoms with Gasteiger partial charge in [-0.2, -0.15) is 0 Å². The van der Waals surface area contributed by atoms with Gasteiger partial charge in [0.05, 0.1) is 11.5 Å². The molecule has 0 saturated carbocycles. The summed E-state index contributed by atoms with van der Waals surface area (Å²) < 4.78 is 0. The van der Waals surface area contributed by atoms with Crippen molar-refractivity contribution in [2.75, 3.05) is 5.32 Å². The first-order valence-corrected chi connectivity index (χ1v) is 5.62. The fourth-order valence-electron chi connectivity index (χ4n) is 1.57. The second kappa shape index (κ2) is 5.05. The number of benzene rings is 1. The summed E-state index contributed by atoms with van der Waals surface area (Å²) in [6.45, 7) is 2.29. The third-order valence-electron chi connectivity index (χ3n) is 2.49. The van der Waals surface area contributed by atoms with Gasteiger partial charge in [-0.1, -0.05) is 11.6 Å². The van der Waals surface area contributed by atoms with Crippen LogP contribution in [0.25, 0.3) is 0 Å². The Labute approximate surface area is 108 Å². The van der Waals surface area contributed by atoms with Gasteiger partial charge in [0.15, 0.2) is 0 Å². The molecule has 7 heteroatoms. The highest BCUT2D eigenvalue weighted by molar-refractivity contribution is 6.33. The maximum Gasteiger partial charge on any atom is 0.288 e. The van der Waals surface area contributed by atoms with Crippen molar-refractivity contribution in [2.24, 2.45) is 0 Å². The Balaban J connectivity index is 2.19. The molecule has 0 unspecified atom stereocenters. The number of imidazole rings is 1. The molecule has 0 aliphatic rings. The third kappa shape index (κ3) is 2.60. The monoisotopic (exact) mass is 266 g/mol. The van der Waals surface area contributed by atoms with E-state index in [9.17, 15) is 10.1 Å². The lowest BCUT2D eigenvalue weighted by atomic mass is 10.2. The van der Waals surface area contributed by atoms with E-state index in [1.165, 1.54) is 6.07 Å². The minimum Gasteiger partial charge on any atom is -0.378 e. The van der Waals surface area contributed by atoms with E-state index >= 15 is 0 Å². The lowest BCUT2D eigenvalue weighted by Gasteiger charge is -2.09. The lowest BCUT2D eigenvalue weighted by Crippen LogP contribution is -2.03. The van der Waals surface area contributed by atoms with Crippen molar-refractivity contribution in [2.45, 2.75) is 13.5 Å². The van der Waals surface area contributed by atoms with Crippen LogP contribution in [0, 0.1) is 17.0 Å². The Bertz CT molecular complexity index is 569. The Morgan fingerprint density at radius 3 is 2.94 bits per heavy atom. The number of rotatable bonds is 4. The number of aryl methyl sites for hydroxylation is 1. The van der Waals surface area contributed by atoms with Crippen LogP contribution in [0.15, 0.2) is 24.5 Å².